The van der Waals surface area contributed by atoms with Gasteiger partial charge in [0.2, 0.25) is 11.9 Å². The van der Waals surface area contributed by atoms with Crippen LogP contribution in [-0.4, -0.2) is 10.9 Å². The molecule has 2 aromatic rings. The average Bonchev–Trinajstić information content (AvgIpc) is 3.24. The van der Waals surface area contributed by atoms with E-state index in [1.54, 1.807) is 12.1 Å². The lowest BCUT2D eigenvalue weighted by Gasteiger charge is -2.15. The van der Waals surface area contributed by atoms with Crippen LogP contribution in [0, 0.1) is 5.95 Å². The summed E-state index contributed by atoms with van der Waals surface area (Å²) in [6.07, 6.45) is 2.92. The third-order valence-corrected chi connectivity index (χ3v) is 3.63. The molecule has 0 unspecified atom stereocenters. The molecule has 0 spiro atoms. The van der Waals surface area contributed by atoms with E-state index in [-0.39, 0.29) is 5.91 Å². The summed E-state index contributed by atoms with van der Waals surface area (Å²) in [5.74, 6) is -0.654. The number of carbonyl (C=O) groups is 1. The number of rotatable bonds is 3. The number of amides is 1. The van der Waals surface area contributed by atoms with Gasteiger partial charge in [-0.2, -0.15) is 4.39 Å². The van der Waals surface area contributed by atoms with Crippen molar-refractivity contribution in [2.24, 2.45) is 0 Å². The van der Waals surface area contributed by atoms with Crippen molar-refractivity contribution >= 4 is 17.3 Å². The van der Waals surface area contributed by atoms with Gasteiger partial charge in [-0.3, -0.25) is 4.79 Å². The number of nitrogens with one attached hydrogen (secondary N) is 1. The lowest BCUT2D eigenvalue weighted by atomic mass is 9.94. The summed E-state index contributed by atoms with van der Waals surface area (Å²) in [5, 5.41) is 2.79. The fourth-order valence-electron chi connectivity index (χ4n) is 2.27. The standard InChI is InChI=1S/C15H14FN3O/c16-13-6-5-12(9-18-13)19-14(20)15(7-8-15)10-1-3-11(17)4-2-10/h1-6,9H,7-8,17H2,(H,19,20). The summed E-state index contributed by atoms with van der Waals surface area (Å²) in [5.41, 5.74) is 7.31. The van der Waals surface area contributed by atoms with Crippen LogP contribution in [0.4, 0.5) is 15.8 Å². The van der Waals surface area contributed by atoms with E-state index < -0.39 is 11.4 Å². The van der Waals surface area contributed by atoms with Gasteiger partial charge in [-0.25, -0.2) is 4.98 Å². The van der Waals surface area contributed by atoms with E-state index in [1.165, 1.54) is 18.3 Å². The van der Waals surface area contributed by atoms with Crippen molar-refractivity contribution in [1.82, 2.24) is 4.98 Å². The summed E-state index contributed by atoms with van der Waals surface area (Å²) in [4.78, 5) is 15.9. The van der Waals surface area contributed by atoms with Crippen LogP contribution in [0.2, 0.25) is 0 Å². The van der Waals surface area contributed by atoms with Crippen molar-refractivity contribution in [3.8, 4) is 0 Å². The number of halogens is 1. The summed E-state index contributed by atoms with van der Waals surface area (Å²) >= 11 is 0. The Bertz CT molecular complexity index is 633. The van der Waals surface area contributed by atoms with Crippen molar-refractivity contribution in [1.29, 1.82) is 0 Å². The number of nitrogens with zero attached hydrogens (tertiary/aromatic N) is 1. The molecule has 5 heteroatoms. The normalized spacial score (nSPS) is 15.7. The van der Waals surface area contributed by atoms with Crippen LogP contribution in [0.25, 0.3) is 0 Å². The van der Waals surface area contributed by atoms with E-state index in [0.29, 0.717) is 11.4 Å². The highest BCUT2D eigenvalue weighted by atomic mass is 19.1. The maximum absolute atomic E-state index is 12.7. The molecule has 0 atom stereocenters. The minimum atomic E-state index is -0.567. The Hall–Kier alpha value is -2.43. The average molecular weight is 271 g/mol. The van der Waals surface area contributed by atoms with Crippen LogP contribution in [0.3, 0.4) is 0 Å². The molecule has 1 aromatic heterocycles. The van der Waals surface area contributed by atoms with Gasteiger partial charge in [-0.1, -0.05) is 12.1 Å². The Morgan fingerprint density at radius 1 is 1.20 bits per heavy atom. The number of carbonyl (C=O) groups excluding carboxylic acids is 1. The fourth-order valence-corrected chi connectivity index (χ4v) is 2.27. The smallest absolute Gasteiger partial charge is 0.235 e. The van der Waals surface area contributed by atoms with E-state index in [9.17, 15) is 9.18 Å². The first-order valence-electron chi connectivity index (χ1n) is 6.39. The van der Waals surface area contributed by atoms with E-state index in [1.807, 2.05) is 12.1 Å². The molecule has 0 bridgehead atoms. The number of nitrogen functional groups attached to an aromatic ring is 1. The SMILES string of the molecule is Nc1ccc(C2(C(=O)Nc3ccc(F)nc3)CC2)cc1. The highest BCUT2D eigenvalue weighted by Crippen LogP contribution is 2.49. The molecule has 1 aromatic carbocycles. The molecular weight excluding hydrogens is 257 g/mol. The Balaban J connectivity index is 1.79. The second-order valence-electron chi connectivity index (χ2n) is 5.03. The lowest BCUT2D eigenvalue weighted by Crippen LogP contribution is -2.27. The van der Waals surface area contributed by atoms with E-state index >= 15 is 0 Å². The van der Waals surface area contributed by atoms with Crippen LogP contribution < -0.4 is 11.1 Å². The number of hydrogen-bond donors (Lipinski definition) is 2. The van der Waals surface area contributed by atoms with Gasteiger partial charge in [0, 0.05) is 5.69 Å². The molecule has 4 nitrogen and oxygen atoms in total. The van der Waals surface area contributed by atoms with Crippen molar-refractivity contribution in [2.75, 3.05) is 11.1 Å². The van der Waals surface area contributed by atoms with Crippen LogP contribution >= 0.6 is 0 Å². The molecule has 1 heterocycles. The van der Waals surface area contributed by atoms with E-state index in [4.69, 9.17) is 5.73 Å². The van der Waals surface area contributed by atoms with Gasteiger partial charge in [0.25, 0.3) is 0 Å². The number of nitrogens with two attached hydrogens (primary N) is 1. The molecule has 1 aliphatic carbocycles. The Morgan fingerprint density at radius 3 is 2.45 bits per heavy atom. The second kappa shape index (κ2) is 4.59. The molecule has 0 aliphatic heterocycles. The molecule has 1 aliphatic rings. The largest absolute Gasteiger partial charge is 0.399 e. The molecule has 3 N–H and O–H groups in total. The monoisotopic (exact) mass is 271 g/mol. The van der Waals surface area contributed by atoms with Gasteiger partial charge in [0.05, 0.1) is 17.3 Å². The molecule has 1 amide bonds. The van der Waals surface area contributed by atoms with Gasteiger partial charge in [-0.15, -0.1) is 0 Å². The number of benzene rings is 1. The van der Waals surface area contributed by atoms with Crippen LogP contribution in [0.15, 0.2) is 42.6 Å². The second-order valence-corrected chi connectivity index (χ2v) is 5.03. The highest BCUT2D eigenvalue weighted by Gasteiger charge is 2.51. The van der Waals surface area contributed by atoms with Crippen molar-refractivity contribution in [3.63, 3.8) is 0 Å². The number of pyridine rings is 1. The summed E-state index contributed by atoms with van der Waals surface area (Å²) in [7, 11) is 0. The number of hydrogen-bond acceptors (Lipinski definition) is 3. The third kappa shape index (κ3) is 2.22. The van der Waals surface area contributed by atoms with Gasteiger partial charge >= 0.3 is 0 Å². The van der Waals surface area contributed by atoms with Crippen molar-refractivity contribution < 1.29 is 9.18 Å². The molecule has 0 radical (unpaired) electrons. The zero-order chi connectivity index (χ0) is 14.2. The number of anilines is 2. The first-order chi connectivity index (χ1) is 9.60. The molecule has 1 saturated carbocycles. The Labute approximate surface area is 115 Å². The molecule has 1 fully saturated rings. The minimum Gasteiger partial charge on any atom is -0.399 e. The zero-order valence-electron chi connectivity index (χ0n) is 10.8. The summed E-state index contributed by atoms with van der Waals surface area (Å²) in [6.45, 7) is 0. The van der Waals surface area contributed by atoms with Crippen molar-refractivity contribution in [3.05, 3.63) is 54.1 Å². The predicted molar refractivity (Wildman–Crippen MR) is 74.6 cm³/mol. The molecule has 20 heavy (non-hydrogen) atoms. The van der Waals surface area contributed by atoms with E-state index in [2.05, 4.69) is 10.3 Å². The molecule has 3 rings (SSSR count). The Kier molecular flexibility index (Phi) is 2.89. The summed E-state index contributed by atoms with van der Waals surface area (Å²) in [6, 6.07) is 10.1. The van der Waals surface area contributed by atoms with Gasteiger partial charge in [-0.05, 0) is 42.7 Å². The van der Waals surface area contributed by atoms with Crippen LogP contribution in [-0.2, 0) is 10.2 Å². The van der Waals surface area contributed by atoms with Gasteiger partial charge in [0.15, 0.2) is 0 Å². The number of aromatic nitrogens is 1. The fraction of sp³-hybridized carbons (Fsp3) is 0.200. The predicted octanol–water partition coefficient (Wildman–Crippen LogP) is 2.47. The lowest BCUT2D eigenvalue weighted by molar-refractivity contribution is -0.118. The first-order valence-corrected chi connectivity index (χ1v) is 6.39. The first kappa shape index (κ1) is 12.6. The summed E-state index contributed by atoms with van der Waals surface area (Å²) < 4.78 is 12.7. The molecule has 0 saturated heterocycles. The van der Waals surface area contributed by atoms with Gasteiger partial charge in [0.1, 0.15) is 0 Å². The van der Waals surface area contributed by atoms with Crippen LogP contribution in [0.1, 0.15) is 18.4 Å². The maximum atomic E-state index is 12.7. The minimum absolute atomic E-state index is 0.0873. The highest BCUT2D eigenvalue weighted by molar-refractivity contribution is 6.01. The quantitative estimate of drug-likeness (QED) is 0.665. The Morgan fingerprint density at radius 2 is 1.90 bits per heavy atom. The molecular formula is C15H14FN3O. The third-order valence-electron chi connectivity index (χ3n) is 3.63. The van der Waals surface area contributed by atoms with E-state index in [0.717, 1.165) is 18.4 Å². The van der Waals surface area contributed by atoms with Gasteiger partial charge < -0.3 is 11.1 Å². The van der Waals surface area contributed by atoms with Crippen molar-refractivity contribution in [2.45, 2.75) is 18.3 Å². The van der Waals surface area contributed by atoms with Crippen LogP contribution in [0.5, 0.6) is 0 Å². The maximum Gasteiger partial charge on any atom is 0.235 e. The molecule has 102 valence electrons. The zero-order valence-corrected chi connectivity index (χ0v) is 10.8. The topological polar surface area (TPSA) is 68.0 Å².